The smallest absolute Gasteiger partial charge is 0.416 e. The number of aromatic nitrogens is 2. The normalized spacial score (nSPS) is 17.5. The Morgan fingerprint density at radius 2 is 2.03 bits per heavy atom. The largest absolute Gasteiger partial charge is 0.488 e. The fourth-order valence-corrected chi connectivity index (χ4v) is 3.69. The van der Waals surface area contributed by atoms with Gasteiger partial charge in [-0.15, -0.1) is 0 Å². The Kier molecular flexibility index (Phi) is 5.72. The number of hydrogen-bond acceptors (Lipinski definition) is 6. The van der Waals surface area contributed by atoms with Crippen LogP contribution in [0.2, 0.25) is 0 Å². The summed E-state index contributed by atoms with van der Waals surface area (Å²) in [5, 5.41) is 8.34. The second-order valence-electron chi connectivity index (χ2n) is 7.84. The third-order valence-corrected chi connectivity index (χ3v) is 5.37. The molecule has 0 aliphatic carbocycles. The minimum absolute atomic E-state index is 0.0104. The van der Waals surface area contributed by atoms with Crippen LogP contribution >= 0.6 is 0 Å². The summed E-state index contributed by atoms with van der Waals surface area (Å²) in [6, 6.07) is 7.93. The lowest BCUT2D eigenvalue weighted by Gasteiger charge is -2.19. The Labute approximate surface area is 181 Å². The lowest BCUT2D eigenvalue weighted by molar-refractivity contribution is -0.137. The molecule has 4 rings (SSSR count). The predicted octanol–water partition coefficient (Wildman–Crippen LogP) is 3.88. The van der Waals surface area contributed by atoms with E-state index >= 15 is 0 Å². The summed E-state index contributed by atoms with van der Waals surface area (Å²) in [6.07, 6.45) is -3.82. The third kappa shape index (κ3) is 4.50. The minimum Gasteiger partial charge on any atom is -0.488 e. The van der Waals surface area contributed by atoms with Crippen molar-refractivity contribution in [3.8, 4) is 5.75 Å². The van der Waals surface area contributed by atoms with Crippen LogP contribution in [0.5, 0.6) is 5.75 Å². The average Bonchev–Trinajstić information content (AvgIpc) is 3.23. The van der Waals surface area contributed by atoms with Crippen LogP contribution in [0.15, 0.2) is 41.2 Å². The molecule has 2 aromatic carbocycles. The molecular formula is C22H23F3N4O3. The van der Waals surface area contributed by atoms with Gasteiger partial charge in [-0.05, 0) is 48.9 Å². The van der Waals surface area contributed by atoms with Gasteiger partial charge in [0, 0.05) is 24.5 Å². The van der Waals surface area contributed by atoms with Crippen molar-refractivity contribution in [1.82, 2.24) is 9.78 Å². The van der Waals surface area contributed by atoms with Gasteiger partial charge in [0.15, 0.2) is 5.82 Å². The van der Waals surface area contributed by atoms with Crippen LogP contribution in [0, 0.1) is 0 Å². The number of ether oxygens (including phenoxy) is 2. The highest BCUT2D eigenvalue weighted by atomic mass is 19.4. The van der Waals surface area contributed by atoms with Crippen LogP contribution in [0.25, 0.3) is 10.8 Å². The fraction of sp³-hybridized carbons (Fsp3) is 0.364. The van der Waals surface area contributed by atoms with Gasteiger partial charge in [-0.1, -0.05) is 0 Å². The van der Waals surface area contributed by atoms with E-state index in [1.54, 1.807) is 25.1 Å². The molecular weight excluding hydrogens is 425 g/mol. The number of nitrogen functional groups attached to an aromatic ring is 1. The minimum atomic E-state index is -4.51. The molecule has 3 N–H and O–H groups in total. The monoisotopic (exact) mass is 448 g/mol. The highest BCUT2D eigenvalue weighted by molar-refractivity contribution is 5.92. The second kappa shape index (κ2) is 8.34. The van der Waals surface area contributed by atoms with Crippen LogP contribution in [0.3, 0.4) is 0 Å². The molecule has 0 amide bonds. The van der Waals surface area contributed by atoms with Crippen LogP contribution in [-0.4, -0.2) is 29.1 Å². The number of hydrogen-bond donors (Lipinski definition) is 2. The molecule has 1 aliphatic rings. The number of rotatable bonds is 5. The lowest BCUT2D eigenvalue weighted by Crippen LogP contribution is -2.22. The van der Waals surface area contributed by atoms with Gasteiger partial charge in [-0.2, -0.15) is 18.3 Å². The number of halogens is 3. The Morgan fingerprint density at radius 3 is 2.72 bits per heavy atom. The Bertz CT molecular complexity index is 1200. The van der Waals surface area contributed by atoms with Gasteiger partial charge in [-0.25, -0.2) is 4.68 Å². The third-order valence-electron chi connectivity index (χ3n) is 5.37. The number of aryl methyl sites for hydroxylation is 1. The molecule has 0 bridgehead atoms. The van der Waals surface area contributed by atoms with Crippen molar-refractivity contribution < 1.29 is 22.6 Å². The number of benzene rings is 2. The molecule has 32 heavy (non-hydrogen) atoms. The fourth-order valence-electron chi connectivity index (χ4n) is 3.69. The highest BCUT2D eigenvalue weighted by Crippen LogP contribution is 2.34. The summed E-state index contributed by atoms with van der Waals surface area (Å²) < 4.78 is 52.1. The molecule has 1 unspecified atom stereocenters. The zero-order valence-electron chi connectivity index (χ0n) is 17.6. The summed E-state index contributed by atoms with van der Waals surface area (Å²) in [7, 11) is 1.51. The van der Waals surface area contributed by atoms with Crippen LogP contribution in [0.4, 0.5) is 24.7 Å². The van der Waals surface area contributed by atoms with Gasteiger partial charge < -0.3 is 20.5 Å². The van der Waals surface area contributed by atoms with E-state index in [0.29, 0.717) is 41.1 Å². The van der Waals surface area contributed by atoms with E-state index in [9.17, 15) is 18.0 Å². The number of nitrogens with one attached hydrogen (secondary N) is 1. The quantitative estimate of drug-likeness (QED) is 0.576. The zero-order chi connectivity index (χ0) is 23.0. The van der Waals surface area contributed by atoms with Crippen molar-refractivity contribution in [3.63, 3.8) is 0 Å². The first kappa shape index (κ1) is 21.9. The summed E-state index contributed by atoms with van der Waals surface area (Å²) in [5.74, 6) is 0.903. The summed E-state index contributed by atoms with van der Waals surface area (Å²) in [6.45, 7) is 2.82. The summed E-state index contributed by atoms with van der Waals surface area (Å²) >= 11 is 0. The molecule has 2 heterocycles. The van der Waals surface area contributed by atoms with E-state index in [1.807, 2.05) is 0 Å². The molecule has 1 fully saturated rings. The average molecular weight is 448 g/mol. The van der Waals surface area contributed by atoms with Crippen molar-refractivity contribution in [2.75, 3.05) is 24.3 Å². The number of anilines is 2. The van der Waals surface area contributed by atoms with Gasteiger partial charge in [0.1, 0.15) is 11.9 Å². The van der Waals surface area contributed by atoms with E-state index < -0.39 is 17.8 Å². The standard InChI is InChI=1S/C22H23F3N4O3/c1-12(13-7-14(22(23,24)25)9-15(26)8-13)27-20-19-10-16(32-17-5-6-31-11-17)3-4-18(19)21(30)29(2)28-20/h3-4,7-10,12,17H,5-6,11,26H2,1-2H3,(H,27,28)/t12-,17?/m1/s1. The molecule has 170 valence electrons. The Morgan fingerprint density at radius 1 is 1.25 bits per heavy atom. The molecule has 10 heteroatoms. The molecule has 0 spiro atoms. The lowest BCUT2D eigenvalue weighted by atomic mass is 10.0. The molecule has 1 aliphatic heterocycles. The summed E-state index contributed by atoms with van der Waals surface area (Å²) in [5.41, 5.74) is 4.94. The molecule has 2 atom stereocenters. The highest BCUT2D eigenvalue weighted by Gasteiger charge is 2.31. The van der Waals surface area contributed by atoms with Crippen LogP contribution in [-0.2, 0) is 18.0 Å². The van der Waals surface area contributed by atoms with Gasteiger partial charge in [0.25, 0.3) is 5.56 Å². The summed E-state index contributed by atoms with van der Waals surface area (Å²) in [4.78, 5) is 12.6. The molecule has 7 nitrogen and oxygen atoms in total. The van der Waals surface area contributed by atoms with Crippen molar-refractivity contribution in [2.45, 2.75) is 31.7 Å². The van der Waals surface area contributed by atoms with Crippen molar-refractivity contribution >= 4 is 22.3 Å². The van der Waals surface area contributed by atoms with Gasteiger partial charge in [0.2, 0.25) is 0 Å². The Balaban J connectivity index is 1.71. The van der Waals surface area contributed by atoms with Crippen LogP contribution < -0.4 is 21.3 Å². The SMILES string of the molecule is C[C@@H](Nc1nn(C)c(=O)c2ccc(OC3CCOC3)cc12)c1cc(N)cc(C(F)(F)F)c1. The zero-order valence-corrected chi connectivity index (χ0v) is 17.6. The number of nitrogens with zero attached hydrogens (tertiary/aromatic N) is 2. The molecule has 1 saturated heterocycles. The molecule has 0 saturated carbocycles. The predicted molar refractivity (Wildman–Crippen MR) is 115 cm³/mol. The van der Waals surface area contributed by atoms with E-state index in [0.717, 1.165) is 18.6 Å². The maximum absolute atomic E-state index is 13.2. The number of alkyl halides is 3. The van der Waals surface area contributed by atoms with Crippen LogP contribution in [0.1, 0.15) is 30.5 Å². The first-order valence-corrected chi connectivity index (χ1v) is 10.1. The maximum atomic E-state index is 13.2. The molecule has 3 aromatic rings. The molecule has 0 radical (unpaired) electrons. The second-order valence-corrected chi connectivity index (χ2v) is 7.84. The van der Waals surface area contributed by atoms with E-state index in [4.69, 9.17) is 15.2 Å². The first-order chi connectivity index (χ1) is 15.1. The van der Waals surface area contributed by atoms with Gasteiger partial charge in [-0.3, -0.25) is 4.79 Å². The first-order valence-electron chi connectivity index (χ1n) is 10.1. The van der Waals surface area contributed by atoms with Gasteiger partial charge >= 0.3 is 6.18 Å². The van der Waals surface area contributed by atoms with Crippen molar-refractivity contribution in [2.24, 2.45) is 7.05 Å². The van der Waals surface area contributed by atoms with E-state index in [-0.39, 0.29) is 17.4 Å². The number of nitrogens with two attached hydrogens (primary N) is 1. The topological polar surface area (TPSA) is 91.4 Å². The van der Waals surface area contributed by atoms with E-state index in [2.05, 4.69) is 10.4 Å². The van der Waals surface area contributed by atoms with Crippen molar-refractivity contribution in [3.05, 3.63) is 57.9 Å². The number of fused-ring (bicyclic) bond motifs is 1. The Hall–Kier alpha value is -3.27. The molecule has 1 aromatic heterocycles. The van der Waals surface area contributed by atoms with Gasteiger partial charge in [0.05, 0.1) is 30.2 Å². The van der Waals surface area contributed by atoms with E-state index in [1.165, 1.54) is 17.8 Å². The van der Waals surface area contributed by atoms with Crippen molar-refractivity contribution in [1.29, 1.82) is 0 Å². The maximum Gasteiger partial charge on any atom is 0.416 e.